The average Bonchev–Trinajstić information content (AvgIpc) is 3.04. The van der Waals surface area contributed by atoms with E-state index in [9.17, 15) is 22.4 Å². The Morgan fingerprint density at radius 2 is 2.00 bits per heavy atom. The van der Waals surface area contributed by atoms with Gasteiger partial charge in [0, 0.05) is 23.1 Å². The predicted molar refractivity (Wildman–Crippen MR) is 114 cm³/mol. The van der Waals surface area contributed by atoms with Crippen LogP contribution in [0.4, 0.5) is 4.39 Å². The van der Waals surface area contributed by atoms with Crippen LogP contribution in [0.25, 0.3) is 11.0 Å². The lowest BCUT2D eigenvalue weighted by Gasteiger charge is -2.28. The molecular formula is C21H17BrFNO5S. The van der Waals surface area contributed by atoms with Crippen molar-refractivity contribution in [3.8, 4) is 0 Å². The number of halogens is 2. The van der Waals surface area contributed by atoms with Gasteiger partial charge in [-0.05, 0) is 42.3 Å². The Hall–Kier alpha value is -2.52. The summed E-state index contributed by atoms with van der Waals surface area (Å²) in [5.74, 6) is -1.47. The Kier molecular flexibility index (Phi) is 5.50. The summed E-state index contributed by atoms with van der Waals surface area (Å²) >= 11 is 3.31. The smallest absolute Gasteiger partial charge is 0.290 e. The van der Waals surface area contributed by atoms with Gasteiger partial charge in [0.15, 0.2) is 21.0 Å². The zero-order chi connectivity index (χ0) is 21.5. The maximum Gasteiger partial charge on any atom is 0.290 e. The molecule has 0 unspecified atom stereocenters. The molecule has 30 heavy (non-hydrogen) atoms. The number of rotatable bonds is 4. The average molecular weight is 494 g/mol. The van der Waals surface area contributed by atoms with Crippen LogP contribution in [0, 0.1) is 5.82 Å². The van der Waals surface area contributed by atoms with E-state index >= 15 is 0 Å². The summed E-state index contributed by atoms with van der Waals surface area (Å²) in [4.78, 5) is 27.1. The molecule has 1 aromatic heterocycles. The quantitative estimate of drug-likeness (QED) is 0.554. The molecule has 4 rings (SSSR count). The molecule has 3 aromatic rings. The molecule has 0 radical (unpaired) electrons. The van der Waals surface area contributed by atoms with E-state index in [1.165, 1.54) is 23.1 Å². The minimum absolute atomic E-state index is 0.00296. The van der Waals surface area contributed by atoms with Crippen LogP contribution < -0.4 is 5.43 Å². The van der Waals surface area contributed by atoms with Crippen LogP contribution in [0.3, 0.4) is 0 Å². The van der Waals surface area contributed by atoms with Crippen molar-refractivity contribution in [3.63, 3.8) is 0 Å². The summed E-state index contributed by atoms with van der Waals surface area (Å²) in [6.45, 7) is -0.00296. The van der Waals surface area contributed by atoms with E-state index < -0.39 is 27.6 Å². The molecule has 1 aliphatic rings. The van der Waals surface area contributed by atoms with Gasteiger partial charge in [-0.2, -0.15) is 0 Å². The van der Waals surface area contributed by atoms with Gasteiger partial charge in [-0.25, -0.2) is 12.8 Å². The Bertz CT molecular complexity index is 1300. The molecule has 0 aliphatic carbocycles. The van der Waals surface area contributed by atoms with E-state index in [0.29, 0.717) is 15.4 Å². The van der Waals surface area contributed by atoms with Crippen LogP contribution in [-0.2, 0) is 16.4 Å². The van der Waals surface area contributed by atoms with E-state index in [-0.39, 0.29) is 41.2 Å². The van der Waals surface area contributed by atoms with Crippen LogP contribution in [0.1, 0.15) is 22.5 Å². The number of carbonyl (C=O) groups excluding carboxylic acids is 1. The molecule has 1 amide bonds. The Morgan fingerprint density at radius 3 is 2.70 bits per heavy atom. The van der Waals surface area contributed by atoms with E-state index in [1.54, 1.807) is 24.3 Å². The number of carbonyl (C=O) groups is 1. The Balaban J connectivity index is 1.75. The maximum atomic E-state index is 13.6. The van der Waals surface area contributed by atoms with Gasteiger partial charge >= 0.3 is 0 Å². The van der Waals surface area contributed by atoms with Crippen molar-refractivity contribution in [1.82, 2.24) is 4.90 Å². The molecule has 1 atom stereocenters. The van der Waals surface area contributed by atoms with Crippen molar-refractivity contribution < 1.29 is 22.0 Å². The van der Waals surface area contributed by atoms with Crippen molar-refractivity contribution >= 4 is 42.6 Å². The summed E-state index contributed by atoms with van der Waals surface area (Å²) in [5, 5.41) is 0.329. The molecule has 2 heterocycles. The summed E-state index contributed by atoms with van der Waals surface area (Å²) in [7, 11) is -3.27. The second-order valence-electron chi connectivity index (χ2n) is 7.24. The number of amides is 1. The van der Waals surface area contributed by atoms with Crippen molar-refractivity contribution in [3.05, 3.63) is 80.4 Å². The largest absolute Gasteiger partial charge is 0.451 e. The third-order valence-corrected chi connectivity index (χ3v) is 7.30. The summed E-state index contributed by atoms with van der Waals surface area (Å²) in [6.07, 6.45) is 0.271. The highest BCUT2D eigenvalue weighted by Gasteiger charge is 2.36. The van der Waals surface area contributed by atoms with E-state index in [4.69, 9.17) is 4.42 Å². The first kappa shape index (κ1) is 20.7. The van der Waals surface area contributed by atoms with Gasteiger partial charge in [-0.1, -0.05) is 28.1 Å². The Morgan fingerprint density at radius 1 is 1.20 bits per heavy atom. The molecule has 1 saturated heterocycles. The zero-order valence-corrected chi connectivity index (χ0v) is 18.1. The normalized spacial score (nSPS) is 17.9. The molecule has 9 heteroatoms. The molecule has 0 N–H and O–H groups in total. The SMILES string of the molecule is O=C(c1cc(=O)c2ccc(Br)cc2o1)N(Cc1cccc(F)c1)[C@@H]1CCS(=O)(=O)C1. The zero-order valence-electron chi connectivity index (χ0n) is 15.7. The first-order valence-electron chi connectivity index (χ1n) is 9.21. The van der Waals surface area contributed by atoms with Crippen LogP contribution in [0.5, 0.6) is 0 Å². The monoisotopic (exact) mass is 493 g/mol. The van der Waals surface area contributed by atoms with Crippen molar-refractivity contribution in [2.45, 2.75) is 19.0 Å². The molecular weight excluding hydrogens is 477 g/mol. The van der Waals surface area contributed by atoms with Gasteiger partial charge in [-0.3, -0.25) is 9.59 Å². The van der Waals surface area contributed by atoms with Gasteiger partial charge < -0.3 is 9.32 Å². The van der Waals surface area contributed by atoms with Crippen LogP contribution in [0.2, 0.25) is 0 Å². The molecule has 156 valence electrons. The standard InChI is InChI=1S/C21H17BrFNO5S/c22-14-4-5-17-18(25)10-20(29-19(17)9-14)21(26)24(16-6-7-30(27,28)12-16)11-13-2-1-3-15(23)8-13/h1-5,8-10,16H,6-7,11-12H2/t16-/m1/s1. The van der Waals surface area contributed by atoms with Crippen molar-refractivity contribution in [1.29, 1.82) is 0 Å². The van der Waals surface area contributed by atoms with Gasteiger partial charge in [-0.15, -0.1) is 0 Å². The fourth-order valence-electron chi connectivity index (χ4n) is 3.60. The molecule has 0 saturated carbocycles. The molecule has 6 nitrogen and oxygen atoms in total. The van der Waals surface area contributed by atoms with Gasteiger partial charge in [0.25, 0.3) is 5.91 Å². The summed E-state index contributed by atoms with van der Waals surface area (Å²) in [6, 6.07) is 11.1. The van der Waals surface area contributed by atoms with Crippen molar-refractivity contribution in [2.24, 2.45) is 0 Å². The fourth-order valence-corrected chi connectivity index (χ4v) is 5.67. The molecule has 2 aromatic carbocycles. The number of hydrogen-bond donors (Lipinski definition) is 0. The molecule has 1 fully saturated rings. The second-order valence-corrected chi connectivity index (χ2v) is 10.4. The van der Waals surface area contributed by atoms with E-state index in [1.807, 2.05) is 0 Å². The Labute approximate surface area is 180 Å². The van der Waals surface area contributed by atoms with E-state index in [0.717, 1.165) is 6.07 Å². The lowest BCUT2D eigenvalue weighted by Crippen LogP contribution is -2.41. The lowest BCUT2D eigenvalue weighted by molar-refractivity contribution is 0.0648. The third-order valence-electron chi connectivity index (χ3n) is 5.05. The first-order chi connectivity index (χ1) is 14.2. The molecule has 0 bridgehead atoms. The number of benzene rings is 2. The highest BCUT2D eigenvalue weighted by Crippen LogP contribution is 2.24. The fraction of sp³-hybridized carbons (Fsp3) is 0.238. The van der Waals surface area contributed by atoms with Crippen LogP contribution in [-0.4, -0.2) is 36.8 Å². The minimum Gasteiger partial charge on any atom is -0.451 e. The van der Waals surface area contributed by atoms with Crippen molar-refractivity contribution in [2.75, 3.05) is 11.5 Å². The lowest BCUT2D eigenvalue weighted by atomic mass is 10.1. The van der Waals surface area contributed by atoms with Gasteiger partial charge in [0.1, 0.15) is 11.4 Å². The van der Waals surface area contributed by atoms with Gasteiger partial charge in [0.05, 0.1) is 16.9 Å². The van der Waals surface area contributed by atoms with Crippen LogP contribution >= 0.6 is 15.9 Å². The van der Waals surface area contributed by atoms with E-state index in [2.05, 4.69) is 15.9 Å². The summed E-state index contributed by atoms with van der Waals surface area (Å²) < 4.78 is 44.0. The summed E-state index contributed by atoms with van der Waals surface area (Å²) in [5.41, 5.74) is 0.375. The van der Waals surface area contributed by atoms with Crippen LogP contribution in [0.15, 0.2) is 62.2 Å². The maximum absolute atomic E-state index is 13.6. The highest BCUT2D eigenvalue weighted by molar-refractivity contribution is 9.10. The molecule has 1 aliphatic heterocycles. The molecule has 0 spiro atoms. The topological polar surface area (TPSA) is 84.7 Å². The number of nitrogens with zero attached hydrogens (tertiary/aromatic N) is 1. The predicted octanol–water partition coefficient (Wildman–Crippen LogP) is 3.52. The number of sulfone groups is 1. The second kappa shape index (κ2) is 7.96. The first-order valence-corrected chi connectivity index (χ1v) is 11.8. The minimum atomic E-state index is -3.27. The third kappa shape index (κ3) is 4.32. The number of hydrogen-bond acceptors (Lipinski definition) is 5. The highest BCUT2D eigenvalue weighted by atomic mass is 79.9. The number of fused-ring (bicyclic) bond motifs is 1. The van der Waals surface area contributed by atoms with Gasteiger partial charge in [0.2, 0.25) is 0 Å².